The zero-order valence-electron chi connectivity index (χ0n) is 24.5. The predicted octanol–water partition coefficient (Wildman–Crippen LogP) is 3.92. The Bertz CT molecular complexity index is 1320. The Morgan fingerprint density at radius 1 is 0.864 bits per heavy atom. The van der Waals surface area contributed by atoms with E-state index in [1.165, 1.54) is 23.8 Å². The molecule has 9 nitrogen and oxygen atoms in total. The number of aliphatic hydroxyl groups is 3. The summed E-state index contributed by atoms with van der Waals surface area (Å²) in [6.45, 7) is 0. The molecule has 232 valence electrons. The van der Waals surface area contributed by atoms with Gasteiger partial charge in [0.05, 0.1) is 18.3 Å². The van der Waals surface area contributed by atoms with Gasteiger partial charge in [-0.25, -0.2) is 9.59 Å². The Labute approximate surface area is 257 Å². The van der Waals surface area contributed by atoms with E-state index in [0.717, 1.165) is 6.42 Å². The van der Waals surface area contributed by atoms with Crippen LogP contribution in [-0.4, -0.2) is 51.5 Å². The van der Waals surface area contributed by atoms with Gasteiger partial charge in [-0.3, -0.25) is 4.79 Å². The number of hydrogen-bond acceptors (Lipinski definition) is 9. The van der Waals surface area contributed by atoms with Gasteiger partial charge in [0.15, 0.2) is 0 Å². The van der Waals surface area contributed by atoms with Crippen molar-refractivity contribution in [3.8, 4) is 41.9 Å². The summed E-state index contributed by atoms with van der Waals surface area (Å²) in [6, 6.07) is 13.7. The number of rotatable bonds is 15. The number of aliphatic hydroxyl groups excluding tert-OH is 3. The van der Waals surface area contributed by atoms with Crippen molar-refractivity contribution in [3.63, 3.8) is 0 Å². The minimum Gasteiger partial charge on any atom is -0.426 e. The van der Waals surface area contributed by atoms with Crippen molar-refractivity contribution in [1.29, 1.82) is 0 Å². The van der Waals surface area contributed by atoms with Gasteiger partial charge in [0.25, 0.3) is 0 Å². The Morgan fingerprint density at radius 3 is 2.07 bits per heavy atom. The lowest BCUT2D eigenvalue weighted by Gasteiger charge is -2.23. The largest absolute Gasteiger partial charge is 0.426 e. The number of allylic oxidation sites excluding steroid dienone is 2. The summed E-state index contributed by atoms with van der Waals surface area (Å²) < 4.78 is 15.2. The first-order valence-electron chi connectivity index (χ1n) is 14.6. The molecule has 2 aromatic carbocycles. The number of terminal acetylenes is 2. The molecule has 1 aliphatic carbocycles. The van der Waals surface area contributed by atoms with Crippen LogP contribution in [0.1, 0.15) is 56.9 Å². The maximum absolute atomic E-state index is 12.4. The van der Waals surface area contributed by atoms with Crippen molar-refractivity contribution in [2.45, 2.75) is 76.1 Å². The molecule has 0 aromatic heterocycles. The fourth-order valence-corrected chi connectivity index (χ4v) is 5.33. The molecule has 0 aliphatic heterocycles. The highest BCUT2D eigenvalue weighted by Crippen LogP contribution is 2.38. The summed E-state index contributed by atoms with van der Waals surface area (Å²) in [6.07, 6.45) is 16.9. The number of hydrogen-bond donors (Lipinski definition) is 3. The molecule has 0 heterocycles. The lowest BCUT2D eigenvalue weighted by atomic mass is 9.85. The molecule has 0 radical (unpaired) electrons. The van der Waals surface area contributed by atoms with Gasteiger partial charge in [0.2, 0.25) is 0 Å². The molecule has 0 bridgehead atoms. The highest BCUT2D eigenvalue weighted by Gasteiger charge is 2.40. The molecule has 0 spiro atoms. The smallest absolute Gasteiger partial charge is 0.389 e. The van der Waals surface area contributed by atoms with Crippen molar-refractivity contribution in [3.05, 3.63) is 66.2 Å². The topological polar surface area (TPSA) is 140 Å². The molecule has 0 saturated heterocycles. The molecule has 9 heteroatoms. The molecule has 2 aromatic rings. The molecule has 0 amide bonds. The van der Waals surface area contributed by atoms with E-state index < -0.39 is 36.2 Å². The van der Waals surface area contributed by atoms with E-state index in [1.807, 2.05) is 42.5 Å². The molecule has 1 saturated carbocycles. The number of carbonyl (C=O) groups is 3. The van der Waals surface area contributed by atoms with Gasteiger partial charge in [-0.2, -0.15) is 0 Å². The average molecular weight is 603 g/mol. The van der Waals surface area contributed by atoms with Gasteiger partial charge in [-0.05, 0) is 68.8 Å². The van der Waals surface area contributed by atoms with Crippen molar-refractivity contribution in [2.24, 2.45) is 11.8 Å². The average Bonchev–Trinajstić information content (AvgIpc) is 3.27. The maximum atomic E-state index is 12.4. The molecule has 5 atom stereocenters. The van der Waals surface area contributed by atoms with Crippen molar-refractivity contribution >= 4 is 17.9 Å². The second-order valence-corrected chi connectivity index (χ2v) is 10.7. The van der Waals surface area contributed by atoms with Crippen LogP contribution in [0.3, 0.4) is 0 Å². The number of unbranched alkanes of at least 4 members (excludes halogenated alkanes) is 1. The third kappa shape index (κ3) is 11.3. The summed E-state index contributed by atoms with van der Waals surface area (Å²) in [7, 11) is 0. The highest BCUT2D eigenvalue weighted by molar-refractivity contribution is 5.90. The fourth-order valence-electron chi connectivity index (χ4n) is 5.33. The molecule has 0 unspecified atom stereocenters. The third-order valence-corrected chi connectivity index (χ3v) is 7.53. The number of carbonyl (C=O) groups excluding carboxylic acids is 3. The van der Waals surface area contributed by atoms with E-state index in [0.29, 0.717) is 44.9 Å². The van der Waals surface area contributed by atoms with Crippen LogP contribution in [0.4, 0.5) is 0 Å². The zero-order chi connectivity index (χ0) is 31.9. The quantitative estimate of drug-likeness (QED) is 0.0691. The minimum atomic E-state index is -0.989. The molecule has 1 aliphatic rings. The Balaban J connectivity index is 1.43. The summed E-state index contributed by atoms with van der Waals surface area (Å²) >= 11 is 0. The summed E-state index contributed by atoms with van der Waals surface area (Å²) in [5.74, 6) is 0.591. The zero-order valence-corrected chi connectivity index (χ0v) is 24.5. The van der Waals surface area contributed by atoms with Gasteiger partial charge < -0.3 is 29.5 Å². The van der Waals surface area contributed by atoms with E-state index in [9.17, 15) is 29.7 Å². The Kier molecular flexibility index (Phi) is 13.7. The minimum absolute atomic E-state index is 0.0299. The van der Waals surface area contributed by atoms with E-state index in [2.05, 4.69) is 0 Å². The lowest BCUT2D eigenvalue weighted by molar-refractivity contribution is -0.134. The summed E-state index contributed by atoms with van der Waals surface area (Å²) in [5, 5.41) is 31.6. The number of ether oxygens (including phenoxy) is 3. The van der Waals surface area contributed by atoms with E-state index in [4.69, 9.17) is 27.1 Å². The number of esters is 3. The van der Waals surface area contributed by atoms with Crippen LogP contribution in [0, 0.1) is 36.5 Å². The number of benzene rings is 2. The summed E-state index contributed by atoms with van der Waals surface area (Å²) in [5.41, 5.74) is 1.18. The van der Waals surface area contributed by atoms with Crippen LogP contribution in [0.2, 0.25) is 0 Å². The fraction of sp³-hybridized carbons (Fsp3) is 0.400. The van der Waals surface area contributed by atoms with Crippen molar-refractivity contribution in [1.82, 2.24) is 0 Å². The third-order valence-electron chi connectivity index (χ3n) is 7.53. The molecular weight excluding hydrogens is 564 g/mol. The van der Waals surface area contributed by atoms with Gasteiger partial charge in [0.1, 0.15) is 17.2 Å². The van der Waals surface area contributed by atoms with Gasteiger partial charge in [-0.15, -0.1) is 12.8 Å². The van der Waals surface area contributed by atoms with Gasteiger partial charge in [-0.1, -0.05) is 42.5 Å². The van der Waals surface area contributed by atoms with Crippen LogP contribution in [0.15, 0.2) is 60.7 Å². The first-order valence-corrected chi connectivity index (χ1v) is 14.6. The summed E-state index contributed by atoms with van der Waals surface area (Å²) in [4.78, 5) is 35.3. The maximum Gasteiger partial charge on any atom is 0.389 e. The van der Waals surface area contributed by atoms with Gasteiger partial charge in [0, 0.05) is 36.5 Å². The first-order chi connectivity index (χ1) is 21.2. The molecular formula is C35H38O9. The Morgan fingerprint density at radius 2 is 1.45 bits per heavy atom. The molecule has 1 fully saturated rings. The van der Waals surface area contributed by atoms with Crippen LogP contribution < -0.4 is 14.2 Å². The van der Waals surface area contributed by atoms with E-state index in [-0.39, 0.29) is 35.5 Å². The lowest BCUT2D eigenvalue weighted by Crippen LogP contribution is -2.23. The predicted molar refractivity (Wildman–Crippen MR) is 162 cm³/mol. The second-order valence-electron chi connectivity index (χ2n) is 10.7. The van der Waals surface area contributed by atoms with E-state index >= 15 is 0 Å². The Hall–Kier alpha value is -4.41. The number of aryl methyl sites for hydroxylation is 1. The first kappa shape index (κ1) is 34.1. The molecule has 44 heavy (non-hydrogen) atoms. The van der Waals surface area contributed by atoms with Crippen molar-refractivity contribution in [2.75, 3.05) is 0 Å². The van der Waals surface area contributed by atoms with Crippen LogP contribution in [-0.2, 0) is 20.8 Å². The van der Waals surface area contributed by atoms with Crippen molar-refractivity contribution < 1.29 is 43.9 Å². The standard InChI is InChI=1S/C35H38O9/c1-3-33(39)42-26-20-27(43-34(40)4-2)22-28(21-26)44-35(41)15-11-6-5-10-14-29-30(32(38)23-31(29)37)19-18-25(36)17-16-24-12-8-7-9-13-24/h1-2,5,7-10,12-13,20-22,25,29-32,36-38H,6,11,14-19,23H2/b10-5-/t25-,29+,30+,31-,32+/m0/s1. The van der Waals surface area contributed by atoms with Gasteiger partial charge >= 0.3 is 17.9 Å². The van der Waals surface area contributed by atoms with Crippen LogP contribution in [0.25, 0.3) is 0 Å². The van der Waals surface area contributed by atoms with Crippen LogP contribution >= 0.6 is 0 Å². The monoisotopic (exact) mass is 602 g/mol. The van der Waals surface area contributed by atoms with Crippen LogP contribution in [0.5, 0.6) is 17.2 Å². The SMILES string of the molecule is C#CC(=O)Oc1cc(OC(=O)C#C)cc(OC(=O)CCC/C=C\C[C@@H]2[C@@H](CC[C@@H](O)CCc3ccccc3)[C@H](O)C[C@@H]2O)c1. The molecule has 3 N–H and O–H groups in total. The normalized spacial score (nSPS) is 19.9. The highest BCUT2D eigenvalue weighted by atomic mass is 16.6. The second kappa shape index (κ2) is 17.6. The van der Waals surface area contributed by atoms with E-state index in [1.54, 1.807) is 11.8 Å². The molecule has 3 rings (SSSR count).